The predicted octanol–water partition coefficient (Wildman–Crippen LogP) is 1.54. The van der Waals surface area contributed by atoms with Gasteiger partial charge in [-0.05, 0) is 19.3 Å². The van der Waals surface area contributed by atoms with E-state index in [1.807, 2.05) is 6.92 Å². The minimum absolute atomic E-state index is 0.275. The van der Waals surface area contributed by atoms with E-state index in [2.05, 4.69) is 18.7 Å². The van der Waals surface area contributed by atoms with Gasteiger partial charge in [-0.25, -0.2) is 8.42 Å². The normalized spacial score (nSPS) is 29.7. The van der Waals surface area contributed by atoms with Crippen molar-refractivity contribution in [2.24, 2.45) is 5.92 Å². The van der Waals surface area contributed by atoms with E-state index in [4.69, 9.17) is 0 Å². The molecule has 1 fully saturated rings. The van der Waals surface area contributed by atoms with Crippen molar-refractivity contribution >= 4 is 9.84 Å². The maximum absolute atomic E-state index is 11.6. The van der Waals surface area contributed by atoms with Crippen LogP contribution >= 0.6 is 0 Å². The highest BCUT2D eigenvalue weighted by Gasteiger charge is 2.26. The maximum Gasteiger partial charge on any atom is 0.151 e. The smallest absolute Gasteiger partial charge is 0.151 e. The predicted molar refractivity (Wildman–Crippen MR) is 63.8 cm³/mol. The van der Waals surface area contributed by atoms with Crippen LogP contribution in [0.25, 0.3) is 0 Å². The molecule has 1 heterocycles. The van der Waals surface area contributed by atoms with Crippen molar-refractivity contribution in [1.29, 1.82) is 0 Å². The summed E-state index contributed by atoms with van der Waals surface area (Å²) in [6.45, 7) is 8.06. The third-order valence-electron chi connectivity index (χ3n) is 3.10. The zero-order valence-corrected chi connectivity index (χ0v) is 10.9. The third kappa shape index (κ3) is 4.11. The summed E-state index contributed by atoms with van der Waals surface area (Å²) in [5.74, 6) is 0.977. The SMILES string of the molecule is CCC[C@@H](C)N1CCS(=O)(=O)C[C@H](C)C1. The molecular formula is C11H23NO2S. The van der Waals surface area contributed by atoms with Crippen molar-refractivity contribution in [2.75, 3.05) is 24.6 Å². The van der Waals surface area contributed by atoms with Crippen LogP contribution in [0, 0.1) is 5.92 Å². The van der Waals surface area contributed by atoms with Crippen LogP contribution in [-0.4, -0.2) is 44.0 Å². The molecule has 1 rings (SSSR count). The van der Waals surface area contributed by atoms with Gasteiger partial charge in [0.1, 0.15) is 0 Å². The first-order valence-corrected chi connectivity index (χ1v) is 7.71. The first-order valence-electron chi connectivity index (χ1n) is 5.89. The highest BCUT2D eigenvalue weighted by atomic mass is 32.2. The topological polar surface area (TPSA) is 37.4 Å². The summed E-state index contributed by atoms with van der Waals surface area (Å²) in [5, 5.41) is 0. The molecule has 0 saturated carbocycles. The van der Waals surface area contributed by atoms with E-state index in [1.165, 1.54) is 6.42 Å². The number of sulfone groups is 1. The Bertz CT molecular complexity index is 287. The first kappa shape index (κ1) is 13.0. The Labute approximate surface area is 93.8 Å². The fourth-order valence-electron chi connectivity index (χ4n) is 2.32. The molecule has 4 heteroatoms. The van der Waals surface area contributed by atoms with Crippen LogP contribution in [0.15, 0.2) is 0 Å². The van der Waals surface area contributed by atoms with Crippen molar-refractivity contribution in [3.05, 3.63) is 0 Å². The van der Waals surface area contributed by atoms with Crippen molar-refractivity contribution in [2.45, 2.75) is 39.7 Å². The quantitative estimate of drug-likeness (QED) is 0.742. The van der Waals surface area contributed by atoms with E-state index in [1.54, 1.807) is 0 Å². The minimum Gasteiger partial charge on any atom is -0.299 e. The molecule has 90 valence electrons. The summed E-state index contributed by atoms with van der Waals surface area (Å²) in [4.78, 5) is 2.33. The fraction of sp³-hybridized carbons (Fsp3) is 1.00. The van der Waals surface area contributed by atoms with Crippen LogP contribution < -0.4 is 0 Å². The second kappa shape index (κ2) is 5.30. The van der Waals surface area contributed by atoms with Crippen LogP contribution in [-0.2, 0) is 9.84 Å². The summed E-state index contributed by atoms with van der Waals surface area (Å²) < 4.78 is 23.2. The largest absolute Gasteiger partial charge is 0.299 e. The molecule has 1 saturated heterocycles. The zero-order chi connectivity index (χ0) is 11.5. The van der Waals surface area contributed by atoms with Gasteiger partial charge in [-0.15, -0.1) is 0 Å². The van der Waals surface area contributed by atoms with Gasteiger partial charge in [-0.1, -0.05) is 20.3 Å². The molecule has 0 aliphatic carbocycles. The van der Waals surface area contributed by atoms with Gasteiger partial charge in [0.05, 0.1) is 11.5 Å². The standard InChI is InChI=1S/C11H23NO2S/c1-4-5-11(3)12-6-7-15(13,14)9-10(2)8-12/h10-11H,4-9H2,1-3H3/t10-,11-/m1/s1. The summed E-state index contributed by atoms with van der Waals surface area (Å²) in [6, 6.07) is 0.519. The molecule has 1 aliphatic rings. The van der Waals surface area contributed by atoms with Crippen molar-refractivity contribution < 1.29 is 8.42 Å². The van der Waals surface area contributed by atoms with Gasteiger partial charge in [0.2, 0.25) is 0 Å². The van der Waals surface area contributed by atoms with Gasteiger partial charge in [-0.2, -0.15) is 0 Å². The van der Waals surface area contributed by atoms with Gasteiger partial charge in [0.15, 0.2) is 9.84 Å². The Morgan fingerprint density at radius 1 is 1.47 bits per heavy atom. The number of rotatable bonds is 3. The van der Waals surface area contributed by atoms with Crippen LogP contribution in [0.1, 0.15) is 33.6 Å². The van der Waals surface area contributed by atoms with E-state index >= 15 is 0 Å². The Morgan fingerprint density at radius 3 is 2.73 bits per heavy atom. The Balaban J connectivity index is 2.62. The summed E-state index contributed by atoms with van der Waals surface area (Å²) in [5.41, 5.74) is 0. The van der Waals surface area contributed by atoms with E-state index in [0.29, 0.717) is 24.1 Å². The number of hydrogen-bond acceptors (Lipinski definition) is 3. The molecular weight excluding hydrogens is 210 g/mol. The van der Waals surface area contributed by atoms with Crippen LogP contribution in [0.3, 0.4) is 0 Å². The summed E-state index contributed by atoms with van der Waals surface area (Å²) in [6.07, 6.45) is 2.32. The second-order valence-electron chi connectivity index (χ2n) is 4.85. The van der Waals surface area contributed by atoms with E-state index < -0.39 is 9.84 Å². The molecule has 2 atom stereocenters. The lowest BCUT2D eigenvalue weighted by molar-refractivity contribution is 0.193. The molecule has 0 aromatic carbocycles. The van der Waals surface area contributed by atoms with E-state index in [9.17, 15) is 8.42 Å². The molecule has 1 aliphatic heterocycles. The molecule has 0 bridgehead atoms. The van der Waals surface area contributed by atoms with Crippen LogP contribution in [0.2, 0.25) is 0 Å². The average Bonchev–Trinajstić information content (AvgIpc) is 2.23. The Morgan fingerprint density at radius 2 is 2.13 bits per heavy atom. The lowest BCUT2D eigenvalue weighted by Gasteiger charge is -2.28. The molecule has 0 amide bonds. The Hall–Kier alpha value is -0.0900. The lowest BCUT2D eigenvalue weighted by atomic mass is 10.1. The highest BCUT2D eigenvalue weighted by molar-refractivity contribution is 7.91. The maximum atomic E-state index is 11.6. The van der Waals surface area contributed by atoms with Crippen molar-refractivity contribution in [1.82, 2.24) is 4.90 Å². The molecule has 15 heavy (non-hydrogen) atoms. The van der Waals surface area contributed by atoms with Gasteiger partial charge in [0, 0.05) is 19.1 Å². The average molecular weight is 233 g/mol. The molecule has 0 spiro atoms. The molecule has 0 radical (unpaired) electrons. The molecule has 0 unspecified atom stereocenters. The first-order chi connectivity index (χ1) is 6.94. The van der Waals surface area contributed by atoms with Crippen molar-refractivity contribution in [3.8, 4) is 0 Å². The molecule has 0 N–H and O–H groups in total. The highest BCUT2D eigenvalue weighted by Crippen LogP contribution is 2.15. The molecule has 0 aromatic rings. The molecule has 3 nitrogen and oxygen atoms in total. The Kier molecular flexibility index (Phi) is 4.59. The lowest BCUT2D eigenvalue weighted by Crippen LogP contribution is -2.37. The van der Waals surface area contributed by atoms with Crippen LogP contribution in [0.5, 0.6) is 0 Å². The molecule has 0 aromatic heterocycles. The van der Waals surface area contributed by atoms with Crippen molar-refractivity contribution in [3.63, 3.8) is 0 Å². The van der Waals surface area contributed by atoms with Gasteiger partial charge >= 0.3 is 0 Å². The minimum atomic E-state index is -2.79. The van der Waals surface area contributed by atoms with Gasteiger partial charge in [-0.3, -0.25) is 4.90 Å². The van der Waals surface area contributed by atoms with Gasteiger partial charge < -0.3 is 0 Å². The summed E-state index contributed by atoms with van der Waals surface area (Å²) in [7, 11) is -2.79. The second-order valence-corrected chi connectivity index (χ2v) is 7.08. The van der Waals surface area contributed by atoms with E-state index in [-0.39, 0.29) is 5.92 Å². The summed E-state index contributed by atoms with van der Waals surface area (Å²) >= 11 is 0. The van der Waals surface area contributed by atoms with Crippen LogP contribution in [0.4, 0.5) is 0 Å². The zero-order valence-electron chi connectivity index (χ0n) is 10.1. The number of hydrogen-bond donors (Lipinski definition) is 0. The third-order valence-corrected chi connectivity index (χ3v) is 4.99. The number of nitrogens with zero attached hydrogens (tertiary/aromatic N) is 1. The van der Waals surface area contributed by atoms with Gasteiger partial charge in [0.25, 0.3) is 0 Å². The monoisotopic (exact) mass is 233 g/mol. The fourth-order valence-corrected chi connectivity index (χ4v) is 3.97. The van der Waals surface area contributed by atoms with E-state index in [0.717, 1.165) is 13.0 Å².